The molecule has 2 aromatic rings. The van der Waals surface area contributed by atoms with Crippen molar-refractivity contribution in [3.8, 4) is 5.75 Å². The quantitative estimate of drug-likeness (QED) is 0.501. The van der Waals surface area contributed by atoms with Gasteiger partial charge in [-0.3, -0.25) is 10.1 Å². The molecule has 0 spiro atoms. The second kappa shape index (κ2) is 8.83. The second-order valence-corrected chi connectivity index (χ2v) is 7.95. The van der Waals surface area contributed by atoms with Gasteiger partial charge in [0.1, 0.15) is 11.4 Å². The van der Waals surface area contributed by atoms with E-state index in [-0.39, 0.29) is 22.3 Å². The Morgan fingerprint density at radius 2 is 1.81 bits per heavy atom. The van der Waals surface area contributed by atoms with Gasteiger partial charge in [0, 0.05) is 18.7 Å². The van der Waals surface area contributed by atoms with Crippen molar-refractivity contribution in [2.24, 2.45) is 0 Å². The molecule has 2 rings (SSSR count). The van der Waals surface area contributed by atoms with E-state index in [9.17, 15) is 18.5 Å². The molecule has 2 aromatic carbocycles. The van der Waals surface area contributed by atoms with Crippen LogP contribution in [0.25, 0.3) is 0 Å². The van der Waals surface area contributed by atoms with Crippen molar-refractivity contribution in [3.05, 3.63) is 58.1 Å². The smallest absolute Gasteiger partial charge is 0.293 e. The summed E-state index contributed by atoms with van der Waals surface area (Å²) in [7, 11) is -2.20. The monoisotopic (exact) mass is 393 g/mol. The normalized spacial score (nSPS) is 11.4. The van der Waals surface area contributed by atoms with E-state index in [0.29, 0.717) is 13.0 Å². The summed E-state index contributed by atoms with van der Waals surface area (Å²) in [5.74, 6) is 0.758. The summed E-state index contributed by atoms with van der Waals surface area (Å²) >= 11 is 0. The number of benzene rings is 2. The van der Waals surface area contributed by atoms with Gasteiger partial charge in [-0.25, -0.2) is 13.1 Å². The molecular formula is C18H23N3O5S. The van der Waals surface area contributed by atoms with Crippen LogP contribution < -0.4 is 14.8 Å². The summed E-state index contributed by atoms with van der Waals surface area (Å²) in [5.41, 5.74) is 1.04. The highest BCUT2D eigenvalue weighted by molar-refractivity contribution is 7.89. The van der Waals surface area contributed by atoms with Crippen LogP contribution in [0.2, 0.25) is 0 Å². The van der Waals surface area contributed by atoms with Crippen molar-refractivity contribution in [2.75, 3.05) is 19.0 Å². The van der Waals surface area contributed by atoms with E-state index in [2.05, 4.69) is 10.0 Å². The van der Waals surface area contributed by atoms with E-state index in [1.807, 2.05) is 24.3 Å². The summed E-state index contributed by atoms with van der Waals surface area (Å²) in [4.78, 5) is 10.6. The van der Waals surface area contributed by atoms with Crippen molar-refractivity contribution >= 4 is 21.4 Å². The van der Waals surface area contributed by atoms with Crippen LogP contribution in [-0.2, 0) is 16.4 Å². The van der Waals surface area contributed by atoms with Crippen LogP contribution >= 0.6 is 0 Å². The number of sulfonamides is 1. The Kier molecular flexibility index (Phi) is 6.75. The molecule has 0 aliphatic heterocycles. The molecule has 8 nitrogen and oxygen atoms in total. The van der Waals surface area contributed by atoms with Crippen molar-refractivity contribution < 1.29 is 18.1 Å². The van der Waals surface area contributed by atoms with E-state index in [1.54, 1.807) is 21.0 Å². The first-order valence-electron chi connectivity index (χ1n) is 8.40. The Balaban J connectivity index is 2.13. The van der Waals surface area contributed by atoms with Gasteiger partial charge in [-0.2, -0.15) is 0 Å². The second-order valence-electron chi connectivity index (χ2n) is 6.24. The van der Waals surface area contributed by atoms with Crippen LogP contribution in [0.1, 0.15) is 19.4 Å². The number of nitro groups is 1. The van der Waals surface area contributed by atoms with Gasteiger partial charge >= 0.3 is 0 Å². The first-order valence-corrected chi connectivity index (χ1v) is 9.89. The molecule has 0 saturated heterocycles. The van der Waals surface area contributed by atoms with Gasteiger partial charge in [-0.15, -0.1) is 0 Å². The third-order valence-corrected chi connectivity index (χ3v) is 5.41. The minimum atomic E-state index is -3.80. The van der Waals surface area contributed by atoms with E-state index in [4.69, 9.17) is 4.74 Å². The molecule has 0 bridgehead atoms. The molecule has 0 unspecified atom stereocenters. The highest BCUT2D eigenvalue weighted by Crippen LogP contribution is 2.27. The lowest BCUT2D eigenvalue weighted by Gasteiger charge is -2.12. The largest absolute Gasteiger partial charge is 0.497 e. The van der Waals surface area contributed by atoms with Crippen LogP contribution in [0.3, 0.4) is 0 Å². The first kappa shape index (κ1) is 20.7. The minimum absolute atomic E-state index is 0.136. The number of nitrogens with zero attached hydrogens (tertiary/aromatic N) is 1. The topological polar surface area (TPSA) is 111 Å². The number of methoxy groups -OCH3 is 1. The van der Waals surface area contributed by atoms with Crippen LogP contribution in [0.15, 0.2) is 47.4 Å². The van der Waals surface area contributed by atoms with E-state index >= 15 is 0 Å². The third-order valence-electron chi connectivity index (χ3n) is 3.76. The Morgan fingerprint density at radius 1 is 1.15 bits per heavy atom. The highest BCUT2D eigenvalue weighted by atomic mass is 32.2. The Labute approximate surface area is 158 Å². The molecule has 0 fully saturated rings. The summed E-state index contributed by atoms with van der Waals surface area (Å²) in [6.07, 6.45) is 0.649. The molecule has 2 N–H and O–H groups in total. The molecule has 0 heterocycles. The molecule has 27 heavy (non-hydrogen) atoms. The molecular weight excluding hydrogens is 370 g/mol. The maximum Gasteiger partial charge on any atom is 0.293 e. The van der Waals surface area contributed by atoms with Crippen molar-refractivity contribution in [2.45, 2.75) is 31.2 Å². The predicted octanol–water partition coefficient (Wildman–Crippen LogP) is 2.94. The zero-order chi connectivity index (χ0) is 20.0. The molecule has 9 heteroatoms. The zero-order valence-corrected chi connectivity index (χ0v) is 16.2. The fourth-order valence-corrected chi connectivity index (χ4v) is 3.76. The number of ether oxygens (including phenoxy) is 1. The number of anilines is 1. The van der Waals surface area contributed by atoms with E-state index < -0.39 is 14.9 Å². The van der Waals surface area contributed by atoms with Gasteiger partial charge < -0.3 is 10.1 Å². The fraction of sp³-hybridized carbons (Fsp3) is 0.333. The zero-order valence-electron chi connectivity index (χ0n) is 15.4. The lowest BCUT2D eigenvalue weighted by Crippen LogP contribution is -2.30. The van der Waals surface area contributed by atoms with Gasteiger partial charge in [-0.05, 0) is 50.1 Å². The standard InChI is InChI=1S/C18H23N3O5S/c1-13(2)20-27(24,25)16-8-9-17(18(12-16)21(22)23)19-11-10-14-4-6-15(26-3)7-5-14/h4-9,12-13,19-20H,10-11H2,1-3H3. The molecule has 0 radical (unpaired) electrons. The number of hydrogen-bond acceptors (Lipinski definition) is 6. The Hall–Kier alpha value is -2.65. The maximum atomic E-state index is 12.2. The summed E-state index contributed by atoms with van der Waals surface area (Å²) < 4.78 is 31.9. The van der Waals surface area contributed by atoms with Gasteiger partial charge in [-0.1, -0.05) is 12.1 Å². The van der Waals surface area contributed by atoms with Gasteiger partial charge in [0.2, 0.25) is 10.0 Å². The van der Waals surface area contributed by atoms with Gasteiger partial charge in [0.05, 0.1) is 16.9 Å². The van der Waals surface area contributed by atoms with Crippen molar-refractivity contribution in [3.63, 3.8) is 0 Å². The van der Waals surface area contributed by atoms with Crippen molar-refractivity contribution in [1.29, 1.82) is 0 Å². The Morgan fingerprint density at radius 3 is 2.37 bits per heavy atom. The predicted molar refractivity (Wildman–Crippen MR) is 104 cm³/mol. The number of nitro benzene ring substituents is 1. The summed E-state index contributed by atoms with van der Waals surface area (Å²) in [6.45, 7) is 3.83. The van der Waals surface area contributed by atoms with E-state index in [1.165, 1.54) is 12.1 Å². The van der Waals surface area contributed by atoms with Crippen molar-refractivity contribution in [1.82, 2.24) is 4.72 Å². The lowest BCUT2D eigenvalue weighted by molar-refractivity contribution is -0.384. The molecule has 0 atom stereocenters. The number of hydrogen-bond donors (Lipinski definition) is 2. The lowest BCUT2D eigenvalue weighted by atomic mass is 10.1. The molecule has 146 valence electrons. The van der Waals surface area contributed by atoms with Crippen LogP contribution in [0.4, 0.5) is 11.4 Å². The molecule has 0 saturated carbocycles. The van der Waals surface area contributed by atoms with Crippen LogP contribution in [0.5, 0.6) is 5.75 Å². The minimum Gasteiger partial charge on any atom is -0.497 e. The summed E-state index contributed by atoms with van der Waals surface area (Å²) in [5, 5.41) is 14.4. The SMILES string of the molecule is COc1ccc(CCNc2ccc(S(=O)(=O)NC(C)C)cc2[N+](=O)[O-])cc1. The number of rotatable bonds is 9. The molecule has 0 aliphatic rings. The Bertz CT molecular complexity index is 896. The maximum absolute atomic E-state index is 12.2. The first-order chi connectivity index (χ1) is 12.7. The molecule has 0 aliphatic carbocycles. The molecule has 0 aromatic heterocycles. The van der Waals surface area contributed by atoms with Gasteiger partial charge in [0.25, 0.3) is 5.69 Å². The number of nitrogens with one attached hydrogen (secondary N) is 2. The third kappa shape index (κ3) is 5.66. The average Bonchev–Trinajstić information content (AvgIpc) is 2.61. The van der Waals surface area contributed by atoms with Crippen LogP contribution in [-0.4, -0.2) is 33.0 Å². The molecule has 0 amide bonds. The fourth-order valence-electron chi connectivity index (χ4n) is 2.49. The van der Waals surface area contributed by atoms with Crippen LogP contribution in [0, 0.1) is 10.1 Å². The highest BCUT2D eigenvalue weighted by Gasteiger charge is 2.21. The van der Waals surface area contributed by atoms with Gasteiger partial charge in [0.15, 0.2) is 0 Å². The van der Waals surface area contributed by atoms with E-state index in [0.717, 1.165) is 17.4 Å². The summed E-state index contributed by atoms with van der Waals surface area (Å²) in [6, 6.07) is 11.1. The average molecular weight is 393 g/mol.